The number of rotatable bonds is 6. The quantitative estimate of drug-likeness (QED) is 0.434. The first-order chi connectivity index (χ1) is 14.3. The van der Waals surface area contributed by atoms with Gasteiger partial charge in [0, 0.05) is 16.7 Å². The van der Waals surface area contributed by atoms with Crippen molar-refractivity contribution in [3.8, 4) is 5.75 Å². The van der Waals surface area contributed by atoms with E-state index in [1.165, 1.54) is 21.5 Å². The molecule has 0 saturated heterocycles. The zero-order chi connectivity index (χ0) is 20.1. The van der Waals surface area contributed by atoms with Crippen LogP contribution in [0.1, 0.15) is 5.56 Å². The minimum Gasteiger partial charge on any atom is -0.497 e. The molecule has 0 radical (unpaired) electrons. The Morgan fingerprint density at radius 3 is 1.83 bits per heavy atom. The van der Waals surface area contributed by atoms with Gasteiger partial charge < -0.3 is 10.1 Å². The molecule has 29 heavy (non-hydrogen) atoms. The number of methoxy groups -OCH3 is 1. The third kappa shape index (κ3) is 4.34. The van der Waals surface area contributed by atoms with Gasteiger partial charge in [-0.3, -0.25) is 0 Å². The molecule has 0 heterocycles. The SMILES string of the molecule is COc1ccc(Nc2ccccc2C)c(P(c2ccccc2)c2ccccc2)c1. The van der Waals surface area contributed by atoms with Crippen molar-refractivity contribution in [3.63, 3.8) is 0 Å². The van der Waals surface area contributed by atoms with Crippen LogP contribution in [0.4, 0.5) is 11.4 Å². The van der Waals surface area contributed by atoms with Gasteiger partial charge in [0.1, 0.15) is 5.75 Å². The second-order valence-corrected chi connectivity index (χ2v) is 9.01. The fourth-order valence-electron chi connectivity index (χ4n) is 3.37. The summed E-state index contributed by atoms with van der Waals surface area (Å²) in [5.41, 5.74) is 3.45. The van der Waals surface area contributed by atoms with Gasteiger partial charge in [-0.1, -0.05) is 78.9 Å². The van der Waals surface area contributed by atoms with Crippen LogP contribution in [-0.2, 0) is 0 Å². The van der Waals surface area contributed by atoms with Gasteiger partial charge in [-0.05, 0) is 55.3 Å². The predicted octanol–water partition coefficient (Wildman–Crippen LogP) is 5.51. The zero-order valence-electron chi connectivity index (χ0n) is 16.7. The Bertz CT molecular complexity index is 1040. The maximum atomic E-state index is 5.59. The Kier molecular flexibility index (Phi) is 5.93. The highest BCUT2D eigenvalue weighted by molar-refractivity contribution is 7.80. The molecule has 4 aromatic rings. The van der Waals surface area contributed by atoms with Crippen molar-refractivity contribution in [3.05, 3.63) is 109 Å². The maximum Gasteiger partial charge on any atom is 0.119 e. The lowest BCUT2D eigenvalue weighted by molar-refractivity contribution is 0.415. The molecule has 0 bridgehead atoms. The molecule has 2 nitrogen and oxygen atoms in total. The average molecular weight is 397 g/mol. The molecule has 0 aliphatic carbocycles. The molecule has 0 saturated carbocycles. The Morgan fingerprint density at radius 1 is 0.655 bits per heavy atom. The summed E-state index contributed by atoms with van der Waals surface area (Å²) in [6.45, 7) is 2.13. The van der Waals surface area contributed by atoms with Crippen LogP contribution in [0.5, 0.6) is 5.75 Å². The summed E-state index contributed by atoms with van der Waals surface area (Å²) in [6, 6.07) is 36.2. The highest BCUT2D eigenvalue weighted by Crippen LogP contribution is 2.38. The number of hydrogen-bond donors (Lipinski definition) is 1. The molecule has 0 aromatic heterocycles. The Morgan fingerprint density at radius 2 is 1.24 bits per heavy atom. The summed E-state index contributed by atoms with van der Waals surface area (Å²) in [5, 5.41) is 7.55. The largest absolute Gasteiger partial charge is 0.497 e. The number of benzene rings is 4. The van der Waals surface area contributed by atoms with Crippen LogP contribution in [0.2, 0.25) is 0 Å². The van der Waals surface area contributed by atoms with E-state index >= 15 is 0 Å². The van der Waals surface area contributed by atoms with E-state index in [0.29, 0.717) is 0 Å². The summed E-state index contributed by atoms with van der Waals surface area (Å²) < 4.78 is 5.59. The molecule has 0 amide bonds. The number of nitrogens with one attached hydrogen (secondary N) is 1. The fraction of sp³-hybridized carbons (Fsp3) is 0.0769. The van der Waals surface area contributed by atoms with Crippen molar-refractivity contribution in [1.82, 2.24) is 0 Å². The van der Waals surface area contributed by atoms with Crippen molar-refractivity contribution >= 4 is 35.2 Å². The lowest BCUT2D eigenvalue weighted by Gasteiger charge is -2.24. The van der Waals surface area contributed by atoms with E-state index in [9.17, 15) is 0 Å². The number of aryl methyl sites for hydroxylation is 1. The van der Waals surface area contributed by atoms with Crippen molar-refractivity contribution < 1.29 is 4.74 Å². The normalized spacial score (nSPS) is 10.7. The number of para-hydroxylation sites is 1. The minimum absolute atomic E-state index is 0.737. The molecule has 1 N–H and O–H groups in total. The van der Waals surface area contributed by atoms with Crippen molar-refractivity contribution in [2.45, 2.75) is 6.92 Å². The van der Waals surface area contributed by atoms with Crippen LogP contribution in [-0.4, -0.2) is 7.11 Å². The van der Waals surface area contributed by atoms with E-state index < -0.39 is 7.92 Å². The van der Waals surface area contributed by atoms with Gasteiger partial charge in [0.2, 0.25) is 0 Å². The molecule has 0 spiro atoms. The van der Waals surface area contributed by atoms with E-state index in [1.54, 1.807) is 7.11 Å². The first-order valence-corrected chi connectivity index (χ1v) is 11.0. The average Bonchev–Trinajstić information content (AvgIpc) is 2.78. The molecule has 0 atom stereocenters. The van der Waals surface area contributed by atoms with Gasteiger partial charge in [-0.2, -0.15) is 0 Å². The second-order valence-electron chi connectivity index (χ2n) is 6.83. The molecule has 4 rings (SSSR count). The highest BCUT2D eigenvalue weighted by atomic mass is 31.1. The van der Waals surface area contributed by atoms with E-state index in [2.05, 4.69) is 109 Å². The third-order valence-electron chi connectivity index (χ3n) is 4.89. The van der Waals surface area contributed by atoms with E-state index in [4.69, 9.17) is 4.74 Å². The van der Waals surface area contributed by atoms with Crippen LogP contribution in [0.15, 0.2) is 103 Å². The molecule has 0 aliphatic rings. The highest BCUT2D eigenvalue weighted by Gasteiger charge is 2.20. The van der Waals surface area contributed by atoms with Gasteiger partial charge in [0.25, 0.3) is 0 Å². The summed E-state index contributed by atoms with van der Waals surface area (Å²) in [7, 11) is 0.986. The first-order valence-electron chi connectivity index (χ1n) is 9.67. The van der Waals surface area contributed by atoms with Crippen LogP contribution in [0, 0.1) is 6.92 Å². The van der Waals surface area contributed by atoms with Crippen molar-refractivity contribution in [1.29, 1.82) is 0 Å². The third-order valence-corrected chi connectivity index (χ3v) is 7.37. The minimum atomic E-state index is -0.737. The van der Waals surface area contributed by atoms with Gasteiger partial charge in [-0.25, -0.2) is 0 Å². The van der Waals surface area contributed by atoms with Gasteiger partial charge in [0.05, 0.1) is 7.11 Å². The van der Waals surface area contributed by atoms with Gasteiger partial charge in [0.15, 0.2) is 0 Å². The van der Waals surface area contributed by atoms with Crippen molar-refractivity contribution in [2.24, 2.45) is 0 Å². The van der Waals surface area contributed by atoms with Gasteiger partial charge in [-0.15, -0.1) is 0 Å². The Labute approximate surface area is 173 Å². The maximum absolute atomic E-state index is 5.59. The summed E-state index contributed by atoms with van der Waals surface area (Å²) in [5.74, 6) is 0.870. The van der Waals surface area contributed by atoms with Crippen LogP contribution >= 0.6 is 7.92 Å². The molecule has 144 valence electrons. The number of hydrogen-bond acceptors (Lipinski definition) is 2. The summed E-state index contributed by atoms with van der Waals surface area (Å²) >= 11 is 0. The summed E-state index contributed by atoms with van der Waals surface area (Å²) in [6.07, 6.45) is 0. The van der Waals surface area contributed by atoms with Crippen molar-refractivity contribution in [2.75, 3.05) is 12.4 Å². The molecular formula is C26H24NOP. The summed E-state index contributed by atoms with van der Waals surface area (Å²) in [4.78, 5) is 0. The zero-order valence-corrected chi connectivity index (χ0v) is 17.6. The molecule has 0 unspecified atom stereocenters. The predicted molar refractivity (Wildman–Crippen MR) is 126 cm³/mol. The van der Waals surface area contributed by atoms with E-state index in [-0.39, 0.29) is 0 Å². The topological polar surface area (TPSA) is 21.3 Å². The van der Waals surface area contributed by atoms with Crippen LogP contribution < -0.4 is 26.0 Å². The van der Waals surface area contributed by atoms with Gasteiger partial charge >= 0.3 is 0 Å². The fourth-order valence-corrected chi connectivity index (χ4v) is 5.79. The molecule has 4 aromatic carbocycles. The van der Waals surface area contributed by atoms with E-state index in [0.717, 1.165) is 17.1 Å². The standard InChI is InChI=1S/C26H24NOP/c1-20-11-9-10-16-24(20)27-25-18-17-21(28-2)19-26(25)29(22-12-5-3-6-13-22)23-14-7-4-8-15-23/h3-19,27H,1-2H3. The van der Waals surface area contributed by atoms with Crippen LogP contribution in [0.25, 0.3) is 0 Å². The Hall–Kier alpha value is -3.09. The van der Waals surface area contributed by atoms with Crippen LogP contribution in [0.3, 0.4) is 0 Å². The first kappa shape index (κ1) is 19.2. The number of anilines is 2. The smallest absolute Gasteiger partial charge is 0.119 e. The molecular weight excluding hydrogens is 373 g/mol. The lowest BCUT2D eigenvalue weighted by Crippen LogP contribution is -2.22. The Balaban J connectivity index is 1.88. The second kappa shape index (κ2) is 8.94. The molecule has 0 aliphatic heterocycles. The monoisotopic (exact) mass is 397 g/mol. The van der Waals surface area contributed by atoms with E-state index in [1.807, 2.05) is 6.07 Å². The molecule has 0 fully saturated rings. The number of ether oxygens (including phenoxy) is 1. The molecule has 3 heteroatoms. The lowest BCUT2D eigenvalue weighted by atomic mass is 10.2.